The molecule has 0 aromatic heterocycles. The van der Waals surface area contributed by atoms with Crippen LogP contribution in [0.25, 0.3) is 0 Å². The van der Waals surface area contributed by atoms with E-state index in [1.54, 1.807) is 0 Å². The van der Waals surface area contributed by atoms with Crippen LogP contribution < -0.4 is 11.1 Å². The van der Waals surface area contributed by atoms with Gasteiger partial charge >= 0.3 is 112 Å². The standard InChI is InChI=1S/C15H29N2P/c1-5-18(6-2,7-3,8-4)13-17-15-11-9-10-14(16)12-15/h9-12,17H,5-8,13,16H2,1-4H3. The van der Waals surface area contributed by atoms with Crippen molar-refractivity contribution in [3.63, 3.8) is 0 Å². The first kappa shape index (κ1) is 15.3. The van der Waals surface area contributed by atoms with Crippen molar-refractivity contribution in [3.8, 4) is 0 Å². The molecule has 0 fully saturated rings. The number of nitrogens with one attached hydrogen (secondary N) is 1. The van der Waals surface area contributed by atoms with Gasteiger partial charge in [0.1, 0.15) is 0 Å². The van der Waals surface area contributed by atoms with Crippen LogP contribution in [-0.4, -0.2) is 30.9 Å². The average Bonchev–Trinajstić information content (AvgIpc) is 2.42. The topological polar surface area (TPSA) is 38.0 Å². The van der Waals surface area contributed by atoms with Crippen molar-refractivity contribution in [2.75, 3.05) is 42.0 Å². The Bertz CT molecular complexity index is 362. The van der Waals surface area contributed by atoms with E-state index in [0.717, 1.165) is 17.7 Å². The third kappa shape index (κ3) is 2.98. The Labute approximate surface area is 112 Å². The molecule has 0 radical (unpaired) electrons. The Hall–Kier alpha value is -0.750. The van der Waals surface area contributed by atoms with Crippen LogP contribution in [-0.2, 0) is 0 Å². The molecule has 0 saturated carbocycles. The molecule has 3 heteroatoms. The normalized spacial score (nSPS) is 13.9. The first-order valence-electron chi connectivity index (χ1n) is 7.12. The van der Waals surface area contributed by atoms with Gasteiger partial charge in [-0.05, 0) is 0 Å². The second-order valence-electron chi connectivity index (χ2n) is 5.46. The van der Waals surface area contributed by atoms with Crippen LogP contribution in [0.4, 0.5) is 11.4 Å². The molecule has 0 unspecified atom stereocenters. The SMILES string of the molecule is CCP(CC)(CC)(CC)CNc1cccc(N)c1. The van der Waals surface area contributed by atoms with Crippen LogP contribution in [0.3, 0.4) is 0 Å². The Balaban J connectivity index is 2.86. The van der Waals surface area contributed by atoms with Crippen LogP contribution in [0, 0.1) is 0 Å². The van der Waals surface area contributed by atoms with Crippen LogP contribution in [0.15, 0.2) is 24.3 Å². The summed E-state index contributed by atoms with van der Waals surface area (Å²) in [6, 6.07) is 8.09. The average molecular weight is 268 g/mol. The molecule has 0 aliphatic heterocycles. The number of rotatable bonds is 7. The summed E-state index contributed by atoms with van der Waals surface area (Å²) in [6.07, 6.45) is 6.50. The molecular weight excluding hydrogens is 239 g/mol. The number of nitrogens with two attached hydrogens (primary N) is 1. The Morgan fingerprint density at radius 1 is 1.00 bits per heavy atom. The zero-order chi connectivity index (χ0) is 13.7. The number of benzene rings is 1. The van der Waals surface area contributed by atoms with E-state index >= 15 is 0 Å². The number of hydrogen-bond acceptors (Lipinski definition) is 2. The summed E-state index contributed by atoms with van der Waals surface area (Å²) in [7, 11) is 0. The molecule has 0 aliphatic rings. The van der Waals surface area contributed by atoms with Gasteiger partial charge in [-0.15, -0.1) is 0 Å². The van der Waals surface area contributed by atoms with E-state index in [2.05, 4.69) is 39.1 Å². The van der Waals surface area contributed by atoms with E-state index in [-0.39, 0.29) is 0 Å². The second-order valence-corrected chi connectivity index (χ2v) is 12.8. The summed E-state index contributed by atoms with van der Waals surface area (Å²) in [4.78, 5) is 0. The van der Waals surface area contributed by atoms with Crippen LogP contribution in [0.2, 0.25) is 0 Å². The van der Waals surface area contributed by atoms with Gasteiger partial charge in [0.25, 0.3) is 0 Å². The predicted octanol–water partition coefficient (Wildman–Crippen LogP) is 4.27. The second kappa shape index (κ2) is 5.93. The third-order valence-electron chi connectivity index (χ3n) is 5.19. The Kier molecular flexibility index (Phi) is 5.04. The van der Waals surface area contributed by atoms with Crippen LogP contribution in [0.1, 0.15) is 27.7 Å². The van der Waals surface area contributed by atoms with Crippen molar-refractivity contribution in [1.82, 2.24) is 0 Å². The van der Waals surface area contributed by atoms with Gasteiger partial charge in [-0.3, -0.25) is 0 Å². The number of anilines is 2. The molecule has 3 N–H and O–H groups in total. The Morgan fingerprint density at radius 3 is 2.00 bits per heavy atom. The molecule has 0 saturated heterocycles. The monoisotopic (exact) mass is 268 g/mol. The zero-order valence-electron chi connectivity index (χ0n) is 12.4. The van der Waals surface area contributed by atoms with Crippen molar-refractivity contribution in [1.29, 1.82) is 0 Å². The van der Waals surface area contributed by atoms with Crippen molar-refractivity contribution >= 4 is 18.0 Å². The maximum absolute atomic E-state index is 5.83. The van der Waals surface area contributed by atoms with Crippen LogP contribution in [0.5, 0.6) is 0 Å². The van der Waals surface area contributed by atoms with Gasteiger partial charge in [-0.1, -0.05) is 0 Å². The van der Waals surface area contributed by atoms with Gasteiger partial charge in [-0.25, -0.2) is 0 Å². The van der Waals surface area contributed by atoms with E-state index in [4.69, 9.17) is 5.73 Å². The molecule has 1 aromatic rings. The minimum absolute atomic E-state index is 0.835. The van der Waals surface area contributed by atoms with Gasteiger partial charge in [0.15, 0.2) is 0 Å². The summed E-state index contributed by atoms with van der Waals surface area (Å²) in [5, 5.41) is 3.65. The maximum atomic E-state index is 5.83. The minimum atomic E-state index is -1.57. The molecule has 0 atom stereocenters. The first-order chi connectivity index (χ1) is 8.53. The molecule has 104 valence electrons. The van der Waals surface area contributed by atoms with Gasteiger partial charge in [-0.2, -0.15) is 0 Å². The predicted molar refractivity (Wildman–Crippen MR) is 88.4 cm³/mol. The van der Waals surface area contributed by atoms with Crippen molar-refractivity contribution < 1.29 is 0 Å². The van der Waals surface area contributed by atoms with E-state index in [0.29, 0.717) is 0 Å². The molecule has 0 spiro atoms. The molecule has 1 rings (SSSR count). The summed E-state index contributed by atoms with van der Waals surface area (Å²) in [5.74, 6) is 0. The van der Waals surface area contributed by atoms with E-state index in [1.807, 2.05) is 18.2 Å². The summed E-state index contributed by atoms with van der Waals surface area (Å²) in [6.45, 7) is 7.91. The third-order valence-corrected chi connectivity index (χ3v) is 13.4. The first-order valence-corrected chi connectivity index (χ1v) is 10.3. The molecule has 0 heterocycles. The molecule has 0 bridgehead atoms. The van der Waals surface area contributed by atoms with E-state index in [1.165, 1.54) is 24.6 Å². The summed E-state index contributed by atoms with van der Waals surface area (Å²) >= 11 is 0. The molecule has 0 aliphatic carbocycles. The molecule has 2 nitrogen and oxygen atoms in total. The number of nitrogen functional groups attached to an aromatic ring is 1. The van der Waals surface area contributed by atoms with Gasteiger partial charge < -0.3 is 0 Å². The molecular formula is C15H29N2P. The number of hydrogen-bond donors (Lipinski definition) is 2. The van der Waals surface area contributed by atoms with Crippen molar-refractivity contribution in [2.45, 2.75) is 27.7 Å². The summed E-state index contributed by atoms with van der Waals surface area (Å²) < 4.78 is 0. The molecule has 1 aromatic carbocycles. The van der Waals surface area contributed by atoms with Crippen molar-refractivity contribution in [3.05, 3.63) is 24.3 Å². The van der Waals surface area contributed by atoms with E-state index in [9.17, 15) is 0 Å². The quantitative estimate of drug-likeness (QED) is 0.572. The Morgan fingerprint density at radius 2 is 1.56 bits per heavy atom. The van der Waals surface area contributed by atoms with Gasteiger partial charge in [0.05, 0.1) is 0 Å². The van der Waals surface area contributed by atoms with Crippen LogP contribution >= 0.6 is 6.60 Å². The fraction of sp³-hybridized carbons (Fsp3) is 0.600. The molecule has 18 heavy (non-hydrogen) atoms. The zero-order valence-corrected chi connectivity index (χ0v) is 13.3. The summed E-state index contributed by atoms with van der Waals surface area (Å²) in [5.41, 5.74) is 7.83. The van der Waals surface area contributed by atoms with E-state index < -0.39 is 6.60 Å². The fourth-order valence-electron chi connectivity index (χ4n) is 2.75. The van der Waals surface area contributed by atoms with Gasteiger partial charge in [0.2, 0.25) is 0 Å². The molecule has 0 amide bonds. The fourth-order valence-corrected chi connectivity index (χ4v) is 6.96. The van der Waals surface area contributed by atoms with Crippen molar-refractivity contribution in [2.24, 2.45) is 0 Å². The van der Waals surface area contributed by atoms with Gasteiger partial charge in [0, 0.05) is 0 Å².